The SMILES string of the molecule is Cc1ccccc1-n1nnc(C(=O)Nc2ncc(-c3ccccc3)s2)c1C.[HH]. The summed E-state index contributed by atoms with van der Waals surface area (Å²) in [6, 6.07) is 17.8. The van der Waals surface area contributed by atoms with Crippen molar-refractivity contribution in [2.45, 2.75) is 13.8 Å². The maximum atomic E-state index is 12.6. The number of aromatic nitrogens is 4. The number of nitrogens with one attached hydrogen (secondary N) is 1. The van der Waals surface area contributed by atoms with Gasteiger partial charge in [-0.2, -0.15) is 0 Å². The highest BCUT2D eigenvalue weighted by Gasteiger charge is 2.19. The van der Waals surface area contributed by atoms with Gasteiger partial charge in [0.05, 0.1) is 16.3 Å². The van der Waals surface area contributed by atoms with Gasteiger partial charge < -0.3 is 0 Å². The molecule has 136 valence electrons. The second kappa shape index (κ2) is 7.13. The highest BCUT2D eigenvalue weighted by Crippen LogP contribution is 2.29. The van der Waals surface area contributed by atoms with Gasteiger partial charge in [-0.3, -0.25) is 10.1 Å². The molecule has 2 heterocycles. The molecule has 27 heavy (non-hydrogen) atoms. The molecule has 0 aliphatic heterocycles. The van der Waals surface area contributed by atoms with Gasteiger partial charge in [-0.25, -0.2) is 9.67 Å². The van der Waals surface area contributed by atoms with E-state index in [-0.39, 0.29) is 13.0 Å². The summed E-state index contributed by atoms with van der Waals surface area (Å²) >= 11 is 1.42. The number of amides is 1. The summed E-state index contributed by atoms with van der Waals surface area (Å²) in [6.07, 6.45) is 1.76. The molecule has 2 aromatic carbocycles. The molecule has 2 aromatic heterocycles. The van der Waals surface area contributed by atoms with Crippen LogP contribution in [0.25, 0.3) is 16.1 Å². The Bertz CT molecular complexity index is 1110. The summed E-state index contributed by atoms with van der Waals surface area (Å²) in [4.78, 5) is 17.9. The minimum atomic E-state index is -0.318. The molecule has 1 N–H and O–H groups in total. The number of para-hydroxylation sites is 1. The average molecular weight is 377 g/mol. The van der Waals surface area contributed by atoms with Gasteiger partial charge in [0, 0.05) is 7.62 Å². The van der Waals surface area contributed by atoms with Crippen molar-refractivity contribution in [3.05, 3.63) is 77.7 Å². The molecular formula is C20H19N5OS. The van der Waals surface area contributed by atoms with Gasteiger partial charge in [0.2, 0.25) is 0 Å². The molecular weight excluding hydrogens is 358 g/mol. The first-order valence-electron chi connectivity index (χ1n) is 8.44. The van der Waals surface area contributed by atoms with E-state index in [1.54, 1.807) is 10.9 Å². The van der Waals surface area contributed by atoms with Crippen LogP contribution in [0.1, 0.15) is 23.2 Å². The summed E-state index contributed by atoms with van der Waals surface area (Å²) in [5.74, 6) is -0.318. The van der Waals surface area contributed by atoms with E-state index < -0.39 is 0 Å². The van der Waals surface area contributed by atoms with Crippen molar-refractivity contribution in [3.63, 3.8) is 0 Å². The van der Waals surface area contributed by atoms with E-state index in [0.29, 0.717) is 10.8 Å². The Hall–Kier alpha value is -3.32. The number of anilines is 1. The largest absolute Gasteiger partial charge is 0.296 e. The Balaban J connectivity index is 0.00000225. The number of thiazole rings is 1. The van der Waals surface area contributed by atoms with Crippen LogP contribution in [0.2, 0.25) is 0 Å². The Morgan fingerprint density at radius 3 is 2.59 bits per heavy atom. The van der Waals surface area contributed by atoms with E-state index in [0.717, 1.165) is 21.7 Å². The molecule has 0 radical (unpaired) electrons. The Morgan fingerprint density at radius 1 is 1.07 bits per heavy atom. The van der Waals surface area contributed by atoms with Crippen LogP contribution < -0.4 is 5.32 Å². The smallest absolute Gasteiger partial charge is 0.279 e. The zero-order valence-corrected chi connectivity index (χ0v) is 15.7. The Labute approximate surface area is 162 Å². The molecule has 0 aliphatic carbocycles. The molecule has 0 atom stereocenters. The first-order valence-corrected chi connectivity index (χ1v) is 9.26. The van der Waals surface area contributed by atoms with Gasteiger partial charge in [0.15, 0.2) is 10.8 Å². The summed E-state index contributed by atoms with van der Waals surface area (Å²) < 4.78 is 1.68. The molecule has 0 saturated carbocycles. The van der Waals surface area contributed by atoms with E-state index in [9.17, 15) is 4.79 Å². The number of nitrogens with zero attached hydrogens (tertiary/aromatic N) is 4. The molecule has 4 rings (SSSR count). The maximum Gasteiger partial charge on any atom is 0.279 e. The van der Waals surface area contributed by atoms with E-state index in [1.807, 2.05) is 68.4 Å². The predicted molar refractivity (Wildman–Crippen MR) is 108 cm³/mol. The lowest BCUT2D eigenvalue weighted by atomic mass is 10.2. The van der Waals surface area contributed by atoms with Crippen LogP contribution in [0.4, 0.5) is 5.13 Å². The van der Waals surface area contributed by atoms with Crippen LogP contribution >= 0.6 is 11.3 Å². The molecule has 0 bridgehead atoms. The molecule has 0 aliphatic rings. The Kier molecular flexibility index (Phi) is 4.52. The van der Waals surface area contributed by atoms with Gasteiger partial charge in [0.25, 0.3) is 5.91 Å². The fraction of sp³-hybridized carbons (Fsp3) is 0.100. The van der Waals surface area contributed by atoms with Crippen molar-refractivity contribution in [2.75, 3.05) is 5.32 Å². The third kappa shape index (κ3) is 3.37. The van der Waals surface area contributed by atoms with E-state index in [4.69, 9.17) is 0 Å². The van der Waals surface area contributed by atoms with Crippen LogP contribution in [-0.2, 0) is 0 Å². The normalized spacial score (nSPS) is 10.7. The number of rotatable bonds is 4. The number of hydrogen-bond acceptors (Lipinski definition) is 5. The molecule has 4 aromatic rings. The van der Waals surface area contributed by atoms with Crippen LogP contribution in [0.5, 0.6) is 0 Å². The van der Waals surface area contributed by atoms with Crippen molar-refractivity contribution >= 4 is 22.4 Å². The molecule has 0 fully saturated rings. The third-order valence-corrected chi connectivity index (χ3v) is 5.20. The van der Waals surface area contributed by atoms with E-state index in [1.165, 1.54) is 11.3 Å². The maximum absolute atomic E-state index is 12.6. The van der Waals surface area contributed by atoms with Crippen LogP contribution in [0.15, 0.2) is 60.8 Å². The summed E-state index contributed by atoms with van der Waals surface area (Å²) in [6.45, 7) is 3.83. The lowest BCUT2D eigenvalue weighted by molar-refractivity contribution is 0.102. The average Bonchev–Trinajstić information content (AvgIpc) is 3.30. The predicted octanol–water partition coefficient (Wildman–Crippen LogP) is 4.51. The topological polar surface area (TPSA) is 72.7 Å². The molecule has 0 unspecified atom stereocenters. The first-order chi connectivity index (χ1) is 13.1. The zero-order chi connectivity index (χ0) is 18.8. The van der Waals surface area contributed by atoms with Crippen LogP contribution in [-0.4, -0.2) is 25.9 Å². The lowest BCUT2D eigenvalue weighted by Crippen LogP contribution is -2.14. The van der Waals surface area contributed by atoms with Crippen molar-refractivity contribution in [1.82, 2.24) is 20.0 Å². The van der Waals surface area contributed by atoms with Gasteiger partial charge in [-0.1, -0.05) is 65.1 Å². The van der Waals surface area contributed by atoms with Gasteiger partial charge in [-0.15, -0.1) is 5.10 Å². The quantitative estimate of drug-likeness (QED) is 0.568. The number of carbonyl (C=O) groups is 1. The summed E-state index contributed by atoms with van der Waals surface area (Å²) in [7, 11) is 0. The number of hydrogen-bond donors (Lipinski definition) is 1. The van der Waals surface area contributed by atoms with Gasteiger partial charge in [-0.05, 0) is 31.0 Å². The highest BCUT2D eigenvalue weighted by atomic mass is 32.1. The van der Waals surface area contributed by atoms with Crippen molar-refractivity contribution in [3.8, 4) is 16.1 Å². The highest BCUT2D eigenvalue weighted by molar-refractivity contribution is 7.19. The van der Waals surface area contributed by atoms with Crippen LogP contribution in [0.3, 0.4) is 0 Å². The second-order valence-corrected chi connectivity index (χ2v) is 7.10. The van der Waals surface area contributed by atoms with Crippen molar-refractivity contribution < 1.29 is 6.22 Å². The zero-order valence-electron chi connectivity index (χ0n) is 14.9. The Morgan fingerprint density at radius 2 is 1.81 bits per heavy atom. The minimum absolute atomic E-state index is 0. The molecule has 7 heteroatoms. The minimum Gasteiger partial charge on any atom is -0.296 e. The summed E-state index contributed by atoms with van der Waals surface area (Å²) in [5.41, 5.74) is 4.00. The lowest BCUT2D eigenvalue weighted by Gasteiger charge is -2.06. The van der Waals surface area contributed by atoms with Gasteiger partial charge >= 0.3 is 0 Å². The number of aryl methyl sites for hydroxylation is 1. The van der Waals surface area contributed by atoms with Gasteiger partial charge in [0.1, 0.15) is 0 Å². The molecule has 0 spiro atoms. The number of benzene rings is 2. The molecule has 0 saturated heterocycles. The summed E-state index contributed by atoms with van der Waals surface area (Å²) in [5, 5.41) is 11.6. The fourth-order valence-electron chi connectivity index (χ4n) is 2.79. The standard InChI is InChI=1S/C20H17N5OS.H2/c1-13-8-6-7-11-16(13)25-14(2)18(23-24-25)19(26)22-20-21-12-17(27-20)15-9-4-3-5-10-15;/h3-12H,1-2H3,(H,21,22,26);1H. The monoisotopic (exact) mass is 377 g/mol. The second-order valence-electron chi connectivity index (χ2n) is 6.07. The molecule has 6 nitrogen and oxygen atoms in total. The van der Waals surface area contributed by atoms with Crippen molar-refractivity contribution in [1.29, 1.82) is 0 Å². The van der Waals surface area contributed by atoms with E-state index >= 15 is 0 Å². The van der Waals surface area contributed by atoms with Crippen LogP contribution in [0, 0.1) is 13.8 Å². The molecule has 1 amide bonds. The number of carbonyl (C=O) groups excluding carboxylic acids is 1. The van der Waals surface area contributed by atoms with E-state index in [2.05, 4.69) is 20.6 Å². The van der Waals surface area contributed by atoms with Crippen molar-refractivity contribution in [2.24, 2.45) is 0 Å². The first kappa shape index (κ1) is 17.1. The third-order valence-electron chi connectivity index (χ3n) is 4.24. The fourth-order valence-corrected chi connectivity index (χ4v) is 3.61.